The Balaban J connectivity index is -0.000000182. The van der Waals surface area contributed by atoms with Crippen molar-refractivity contribution in [3.8, 4) is 12.8 Å². The van der Waals surface area contributed by atoms with E-state index in [0.717, 1.165) is 62.1 Å². The highest BCUT2D eigenvalue weighted by Gasteiger charge is 2.08. The zero-order chi connectivity index (χ0) is 51.3. The van der Waals surface area contributed by atoms with Crippen LogP contribution in [0.3, 0.4) is 0 Å². The molecule has 0 spiro atoms. The van der Waals surface area contributed by atoms with Gasteiger partial charge in [-0.2, -0.15) is 0 Å². The van der Waals surface area contributed by atoms with Crippen LogP contribution in [0.2, 0.25) is 0 Å². The van der Waals surface area contributed by atoms with E-state index in [2.05, 4.69) is 197 Å². The van der Waals surface area contributed by atoms with E-state index in [1.54, 1.807) is 13.1 Å². The summed E-state index contributed by atoms with van der Waals surface area (Å²) in [5.41, 5.74) is 10.00. The molecular weight excluding hydrogens is 787 g/mol. The van der Waals surface area contributed by atoms with Crippen LogP contribution in [0.15, 0.2) is 162 Å². The lowest BCUT2D eigenvalue weighted by Crippen LogP contribution is -2.27. The van der Waals surface area contributed by atoms with Gasteiger partial charge in [0.1, 0.15) is 0 Å². The second-order valence-electron chi connectivity index (χ2n) is 15.8. The van der Waals surface area contributed by atoms with Gasteiger partial charge in [0, 0.05) is 18.8 Å². The highest BCUT2D eigenvalue weighted by molar-refractivity contribution is 6.09. The molecule has 0 aromatic carbocycles. The van der Waals surface area contributed by atoms with Gasteiger partial charge in [-0.05, 0) is 134 Å². The molecule has 2 aliphatic carbocycles. The maximum atomic E-state index is 4.15. The summed E-state index contributed by atoms with van der Waals surface area (Å²) in [4.78, 5) is 6.35. The van der Waals surface area contributed by atoms with E-state index in [1.165, 1.54) is 72.8 Å². The minimum absolute atomic E-state index is 0.378. The van der Waals surface area contributed by atoms with Crippen LogP contribution in [0.5, 0.6) is 0 Å². The Morgan fingerprint density at radius 2 is 1.35 bits per heavy atom. The molecule has 0 aliphatic heterocycles. The Morgan fingerprint density at radius 3 is 1.72 bits per heavy atom. The van der Waals surface area contributed by atoms with Crippen molar-refractivity contribution in [1.29, 1.82) is 0 Å². The van der Waals surface area contributed by atoms with Crippen LogP contribution in [0.4, 0.5) is 0 Å². The summed E-state index contributed by atoms with van der Waals surface area (Å²) >= 11 is 0. The molecule has 0 saturated heterocycles. The van der Waals surface area contributed by atoms with Gasteiger partial charge >= 0.3 is 0 Å². The van der Waals surface area contributed by atoms with E-state index in [0.29, 0.717) is 12.0 Å². The van der Waals surface area contributed by atoms with Gasteiger partial charge in [-0.3, -0.25) is 4.99 Å². The molecule has 0 bridgehead atoms. The predicted molar refractivity (Wildman–Crippen MR) is 307 cm³/mol. The van der Waals surface area contributed by atoms with Crippen LogP contribution in [-0.2, 0) is 0 Å². The van der Waals surface area contributed by atoms with E-state index in [-0.39, 0.29) is 0 Å². The highest BCUT2D eigenvalue weighted by atomic mass is 15.0. The first-order chi connectivity index (χ1) is 31.2. The van der Waals surface area contributed by atoms with Crippen molar-refractivity contribution in [2.45, 2.75) is 186 Å². The molecule has 0 aromatic heterocycles. The molecule has 2 atom stereocenters. The monoisotopic (exact) mass is 894 g/mol. The van der Waals surface area contributed by atoms with Crippen molar-refractivity contribution in [2.24, 2.45) is 10.9 Å². The maximum absolute atomic E-state index is 4.15. The van der Waals surface area contributed by atoms with Crippen molar-refractivity contribution in [3.05, 3.63) is 157 Å². The summed E-state index contributed by atoms with van der Waals surface area (Å²) in [7, 11) is 6.01. The fourth-order valence-corrected chi connectivity index (χ4v) is 5.16. The molecule has 0 aromatic rings. The SMILES string of the molecule is C#C.C=C(C)CC.C=C(CCCN(C)C)NC1C=CC(/C=C/C2=CCC(C)C=C2)=CC1.C=C/C=C\C(CCCCC)=C(C)C.C=CC(=NC)C(=C\C)/C=C/CCC.CC.CC.CCCC. The third kappa shape index (κ3) is 52.1. The zero-order valence-electron chi connectivity index (χ0n) is 46.1. The number of hydrogen-bond acceptors (Lipinski definition) is 3. The van der Waals surface area contributed by atoms with Gasteiger partial charge in [0.15, 0.2) is 0 Å². The number of aliphatic imine (C=N–C) groups is 1. The lowest BCUT2D eigenvalue weighted by atomic mass is 9.97. The molecule has 2 unspecified atom stereocenters. The number of hydrogen-bond donors (Lipinski definition) is 1. The molecule has 2 rings (SSSR count). The summed E-state index contributed by atoms with van der Waals surface area (Å²) in [6.45, 7) is 45.9. The summed E-state index contributed by atoms with van der Waals surface area (Å²) < 4.78 is 0. The number of unbranched alkanes of at least 4 members (excludes halogenated alkanes) is 4. The summed E-state index contributed by atoms with van der Waals surface area (Å²) in [5.74, 6) is 0.675. The summed E-state index contributed by atoms with van der Waals surface area (Å²) in [6, 6.07) is 0.378. The summed E-state index contributed by atoms with van der Waals surface area (Å²) in [5, 5.41) is 3.53. The van der Waals surface area contributed by atoms with E-state index in [9.17, 15) is 0 Å². The van der Waals surface area contributed by atoms with E-state index in [1.807, 2.05) is 53.7 Å². The number of nitrogens with zero attached hydrogens (tertiary/aromatic N) is 2. The number of terminal acetylenes is 1. The van der Waals surface area contributed by atoms with Gasteiger partial charge in [0.05, 0.1) is 5.71 Å². The van der Waals surface area contributed by atoms with Gasteiger partial charge in [-0.25, -0.2) is 0 Å². The smallest absolute Gasteiger partial charge is 0.0633 e. The molecule has 0 saturated carbocycles. The average molecular weight is 895 g/mol. The second-order valence-corrected chi connectivity index (χ2v) is 15.8. The largest absolute Gasteiger partial charge is 0.382 e. The van der Waals surface area contributed by atoms with Crippen LogP contribution >= 0.6 is 0 Å². The average Bonchev–Trinajstić information content (AvgIpc) is 3.32. The Kier molecular flexibility index (Phi) is 64.0. The summed E-state index contributed by atoms with van der Waals surface area (Å²) in [6.07, 6.45) is 55.7. The van der Waals surface area contributed by atoms with Crippen LogP contribution in [0.25, 0.3) is 0 Å². The molecule has 0 amide bonds. The third-order valence-electron chi connectivity index (χ3n) is 9.44. The Hall–Kier alpha value is -4.39. The quantitative estimate of drug-likeness (QED) is 0.0409. The maximum Gasteiger partial charge on any atom is 0.0633 e. The molecule has 3 heteroatoms. The second kappa shape index (κ2) is 57.6. The van der Waals surface area contributed by atoms with Gasteiger partial charge in [-0.1, -0.05) is 217 Å². The Bertz CT molecular complexity index is 1480. The van der Waals surface area contributed by atoms with Crippen molar-refractivity contribution in [3.63, 3.8) is 0 Å². The number of rotatable bonds is 21. The van der Waals surface area contributed by atoms with Gasteiger partial charge in [0.25, 0.3) is 0 Å². The first-order valence-electron chi connectivity index (χ1n) is 25.1. The lowest BCUT2D eigenvalue weighted by Gasteiger charge is -2.20. The van der Waals surface area contributed by atoms with E-state index in [4.69, 9.17) is 0 Å². The van der Waals surface area contributed by atoms with Crippen molar-refractivity contribution < 1.29 is 0 Å². The lowest BCUT2D eigenvalue weighted by molar-refractivity contribution is 0.397. The molecule has 65 heavy (non-hydrogen) atoms. The van der Waals surface area contributed by atoms with Gasteiger partial charge in [-0.15, -0.1) is 19.4 Å². The minimum Gasteiger partial charge on any atom is -0.382 e. The molecule has 3 nitrogen and oxygen atoms in total. The van der Waals surface area contributed by atoms with Crippen molar-refractivity contribution in [2.75, 3.05) is 27.7 Å². The van der Waals surface area contributed by atoms with Crippen LogP contribution < -0.4 is 5.32 Å². The van der Waals surface area contributed by atoms with Crippen molar-refractivity contribution in [1.82, 2.24) is 10.2 Å². The zero-order valence-corrected chi connectivity index (χ0v) is 46.1. The van der Waals surface area contributed by atoms with Gasteiger partial charge < -0.3 is 10.2 Å². The van der Waals surface area contributed by atoms with Crippen molar-refractivity contribution >= 4 is 5.71 Å². The molecule has 0 radical (unpaired) electrons. The standard InChI is InChI=1S/C22H32N2.C13H22.C12H19N.C5H10.C4H10.2C2H6.C2H2/c1-18-7-9-20(10-8-18)11-12-21-13-15-22(16-14-21)23-19(2)6-5-17-24(3)4;1-5-7-9-11-13(12(3)4)10-8-6-2;1-5-8-9-10-11(6-2)12(7-3)13-4;1-4-5(2)3;1-3-4-2;3*1-2/h7,9-15,18,22-23H,2,5-6,8,16-17H2,1,3-4H3;6,8,10H,2,5,7,9,11H2,1,3-4H3;6-7,9-10H,3,5,8H2,1-2,4H3;2,4H2,1,3H3;3-4H2,1-2H3;2*1-2H3;1-2H/b12-11+;10-8-;10-9+,11-6-,13-12?;;;;;. The first kappa shape index (κ1) is 72.2. The minimum atomic E-state index is 0.378. The highest BCUT2D eigenvalue weighted by Crippen LogP contribution is 2.19. The number of nitrogens with one attached hydrogen (secondary N) is 1. The van der Waals surface area contributed by atoms with Crippen LogP contribution in [0, 0.1) is 18.8 Å². The third-order valence-corrected chi connectivity index (χ3v) is 9.44. The predicted octanol–water partition coefficient (Wildman–Crippen LogP) is 19.0. The molecule has 370 valence electrons. The number of allylic oxidation sites excluding steroid dienone is 20. The normalized spacial score (nSPS) is 14.8. The van der Waals surface area contributed by atoms with Crippen LogP contribution in [-0.4, -0.2) is 44.3 Å². The first-order valence-corrected chi connectivity index (χ1v) is 25.1. The molecular formula is C62H107N3. The fourth-order valence-electron chi connectivity index (χ4n) is 5.16. The molecule has 1 N–H and O–H groups in total. The van der Waals surface area contributed by atoms with Crippen LogP contribution in [0.1, 0.15) is 180 Å². The van der Waals surface area contributed by atoms with E-state index < -0.39 is 0 Å². The molecule has 0 fully saturated rings. The Labute approximate surface area is 408 Å². The topological polar surface area (TPSA) is 27.6 Å². The Morgan fingerprint density at radius 1 is 0.800 bits per heavy atom. The molecule has 0 heterocycles. The van der Waals surface area contributed by atoms with E-state index >= 15 is 0 Å². The fraction of sp³-hybridized carbons (Fsp3) is 0.532. The molecule has 2 aliphatic rings. The van der Waals surface area contributed by atoms with Gasteiger partial charge in [0.2, 0.25) is 0 Å².